The fraction of sp³-hybridized carbons (Fsp3) is 0.800. The summed E-state index contributed by atoms with van der Waals surface area (Å²) in [5.41, 5.74) is -0.209. The third-order valence-corrected chi connectivity index (χ3v) is 2.21. The first-order valence-electron chi connectivity index (χ1n) is 2.72. The molecule has 60 valence electrons. The van der Waals surface area contributed by atoms with Gasteiger partial charge < -0.3 is 4.74 Å². The van der Waals surface area contributed by atoms with E-state index in [1.807, 2.05) is 20.8 Å². The molecule has 0 amide bonds. The molecule has 0 aliphatic carbocycles. The monoisotopic (exact) mass is 197 g/mol. The van der Waals surface area contributed by atoms with Crippen LogP contribution in [-0.2, 0) is 4.74 Å². The summed E-state index contributed by atoms with van der Waals surface area (Å²) < 4.78 is 5.76. The van der Waals surface area contributed by atoms with Gasteiger partial charge in [-0.15, -0.1) is 0 Å². The number of hydrogen-bond acceptors (Lipinski definition) is 5. The van der Waals surface area contributed by atoms with E-state index >= 15 is 0 Å². The fourth-order valence-electron chi connectivity index (χ4n) is 0.306. The van der Waals surface area contributed by atoms with Crippen LogP contribution >= 0.6 is 34.0 Å². The van der Waals surface area contributed by atoms with E-state index < -0.39 is 0 Å². The van der Waals surface area contributed by atoms with Gasteiger partial charge in [0.15, 0.2) is 0 Å². The zero-order chi connectivity index (χ0) is 8.20. The minimum atomic E-state index is -0.209. The van der Waals surface area contributed by atoms with E-state index in [1.54, 1.807) is 0 Å². The zero-order valence-electron chi connectivity index (χ0n) is 6.21. The SMILES string of the molecule is CC(C)(C)OC(=S)SSN. The lowest BCUT2D eigenvalue weighted by Crippen LogP contribution is -2.20. The second kappa shape index (κ2) is 4.43. The molecule has 0 aromatic rings. The average Bonchev–Trinajstić information content (AvgIpc) is 1.59. The average molecular weight is 197 g/mol. The Morgan fingerprint density at radius 2 is 2.00 bits per heavy atom. The molecular formula is C5H11NOS3. The first-order chi connectivity index (χ1) is 4.45. The number of nitrogens with two attached hydrogens (primary N) is 1. The van der Waals surface area contributed by atoms with Crippen LogP contribution in [0.25, 0.3) is 0 Å². The van der Waals surface area contributed by atoms with Crippen molar-refractivity contribution in [2.24, 2.45) is 5.14 Å². The summed E-state index contributed by atoms with van der Waals surface area (Å²) in [5.74, 6) is 0. The molecule has 0 saturated heterocycles. The van der Waals surface area contributed by atoms with Crippen molar-refractivity contribution >= 4 is 38.4 Å². The van der Waals surface area contributed by atoms with Gasteiger partial charge in [0.05, 0.1) is 0 Å². The van der Waals surface area contributed by atoms with Gasteiger partial charge in [-0.25, -0.2) is 0 Å². The predicted octanol–water partition coefficient (Wildman–Crippen LogP) is 2.34. The van der Waals surface area contributed by atoms with Crippen LogP contribution in [0.3, 0.4) is 0 Å². The molecule has 0 rings (SSSR count). The van der Waals surface area contributed by atoms with Crippen LogP contribution in [0.5, 0.6) is 0 Å². The van der Waals surface area contributed by atoms with Crippen molar-refractivity contribution in [1.82, 2.24) is 0 Å². The Morgan fingerprint density at radius 3 is 2.30 bits per heavy atom. The van der Waals surface area contributed by atoms with E-state index in [0.29, 0.717) is 4.38 Å². The standard InChI is InChI=1S/C5H11NOS3/c1-5(2,3)7-4(8)9-10-6/h6H2,1-3H3. The lowest BCUT2D eigenvalue weighted by molar-refractivity contribution is 0.128. The number of hydrogen-bond donors (Lipinski definition) is 1. The van der Waals surface area contributed by atoms with E-state index in [0.717, 1.165) is 11.0 Å². The van der Waals surface area contributed by atoms with Crippen molar-refractivity contribution in [3.05, 3.63) is 0 Å². The molecule has 0 fully saturated rings. The van der Waals surface area contributed by atoms with Gasteiger partial charge in [0.25, 0.3) is 0 Å². The maximum absolute atomic E-state index is 5.27. The highest BCUT2D eigenvalue weighted by Crippen LogP contribution is 2.21. The lowest BCUT2D eigenvalue weighted by Gasteiger charge is -2.20. The molecule has 0 radical (unpaired) electrons. The van der Waals surface area contributed by atoms with Crippen molar-refractivity contribution in [3.63, 3.8) is 0 Å². The first kappa shape index (κ1) is 10.6. The molecule has 2 N–H and O–H groups in total. The topological polar surface area (TPSA) is 35.2 Å². The third-order valence-electron chi connectivity index (χ3n) is 0.506. The van der Waals surface area contributed by atoms with Gasteiger partial charge in [-0.3, -0.25) is 5.14 Å². The van der Waals surface area contributed by atoms with Gasteiger partial charge in [-0.05, 0) is 44.0 Å². The van der Waals surface area contributed by atoms with Gasteiger partial charge in [-0.2, -0.15) is 0 Å². The van der Waals surface area contributed by atoms with Gasteiger partial charge in [0, 0.05) is 10.8 Å². The summed E-state index contributed by atoms with van der Waals surface area (Å²) in [7, 11) is 2.36. The molecule has 0 saturated carbocycles. The Bertz CT molecular complexity index is 121. The van der Waals surface area contributed by atoms with Crippen LogP contribution < -0.4 is 5.14 Å². The minimum Gasteiger partial charge on any atom is -0.472 e. The maximum atomic E-state index is 5.27. The summed E-state index contributed by atoms with van der Waals surface area (Å²) in [6.45, 7) is 5.84. The van der Waals surface area contributed by atoms with E-state index in [4.69, 9.17) is 22.1 Å². The smallest absolute Gasteiger partial charge is 0.232 e. The summed E-state index contributed by atoms with van der Waals surface area (Å²) in [5, 5.41) is 5.16. The second-order valence-corrected chi connectivity index (χ2v) is 5.08. The van der Waals surface area contributed by atoms with Crippen molar-refractivity contribution in [3.8, 4) is 0 Å². The predicted molar refractivity (Wildman–Crippen MR) is 52.8 cm³/mol. The van der Waals surface area contributed by atoms with Gasteiger partial charge in [0.2, 0.25) is 4.38 Å². The second-order valence-electron chi connectivity index (χ2n) is 2.64. The Kier molecular flexibility index (Phi) is 4.68. The molecule has 0 bridgehead atoms. The van der Waals surface area contributed by atoms with Crippen molar-refractivity contribution < 1.29 is 4.74 Å². The number of ether oxygens (including phenoxy) is 1. The van der Waals surface area contributed by atoms with Crippen LogP contribution in [0.4, 0.5) is 0 Å². The summed E-state index contributed by atoms with van der Waals surface area (Å²) in [6, 6.07) is 0. The Balaban J connectivity index is 3.58. The fourth-order valence-corrected chi connectivity index (χ4v) is 1.61. The van der Waals surface area contributed by atoms with Crippen LogP contribution in [0.15, 0.2) is 0 Å². The molecule has 0 heterocycles. The van der Waals surface area contributed by atoms with Crippen molar-refractivity contribution in [1.29, 1.82) is 0 Å². The number of rotatable bonds is 1. The minimum absolute atomic E-state index is 0.209. The lowest BCUT2D eigenvalue weighted by atomic mass is 10.2. The van der Waals surface area contributed by atoms with Gasteiger partial charge in [0.1, 0.15) is 5.60 Å². The molecule has 5 heteroatoms. The van der Waals surface area contributed by atoms with E-state index in [-0.39, 0.29) is 5.60 Å². The molecule has 0 aromatic carbocycles. The van der Waals surface area contributed by atoms with E-state index in [9.17, 15) is 0 Å². The van der Waals surface area contributed by atoms with E-state index in [2.05, 4.69) is 0 Å². The number of thiocarbonyl (C=S) groups is 1. The quantitative estimate of drug-likeness (QED) is 0.396. The highest BCUT2D eigenvalue weighted by atomic mass is 33.1. The van der Waals surface area contributed by atoms with Crippen LogP contribution in [0, 0.1) is 0 Å². The largest absolute Gasteiger partial charge is 0.472 e. The summed E-state index contributed by atoms with van der Waals surface area (Å²) in [6.07, 6.45) is 0. The zero-order valence-corrected chi connectivity index (χ0v) is 8.66. The van der Waals surface area contributed by atoms with Crippen LogP contribution in [0.1, 0.15) is 20.8 Å². The Hall–Kier alpha value is 0.550. The molecular weight excluding hydrogens is 186 g/mol. The maximum Gasteiger partial charge on any atom is 0.232 e. The highest BCUT2D eigenvalue weighted by molar-refractivity contribution is 8.82. The molecule has 0 aliphatic rings. The molecule has 0 atom stereocenters. The highest BCUT2D eigenvalue weighted by Gasteiger charge is 2.13. The molecule has 0 aromatic heterocycles. The molecule has 0 unspecified atom stereocenters. The van der Waals surface area contributed by atoms with Gasteiger partial charge >= 0.3 is 0 Å². The molecule has 10 heavy (non-hydrogen) atoms. The first-order valence-corrected chi connectivity index (χ1v) is 5.34. The van der Waals surface area contributed by atoms with E-state index in [1.165, 1.54) is 10.8 Å². The molecule has 0 spiro atoms. The van der Waals surface area contributed by atoms with Crippen molar-refractivity contribution in [2.75, 3.05) is 0 Å². The van der Waals surface area contributed by atoms with Crippen LogP contribution in [0.2, 0.25) is 0 Å². The molecule has 2 nitrogen and oxygen atoms in total. The summed E-state index contributed by atoms with van der Waals surface area (Å²) in [4.78, 5) is 0. The Morgan fingerprint density at radius 1 is 1.50 bits per heavy atom. The summed E-state index contributed by atoms with van der Waals surface area (Å²) >= 11 is 4.84. The molecule has 0 aliphatic heterocycles. The Labute approximate surface area is 74.8 Å². The van der Waals surface area contributed by atoms with Crippen LogP contribution in [-0.4, -0.2) is 9.98 Å². The van der Waals surface area contributed by atoms with Gasteiger partial charge in [-0.1, -0.05) is 0 Å². The van der Waals surface area contributed by atoms with Crippen molar-refractivity contribution in [2.45, 2.75) is 26.4 Å². The third kappa shape index (κ3) is 6.67. The normalized spacial score (nSPS) is 11.2.